The highest BCUT2D eigenvalue weighted by atomic mass is 32.2. The fourth-order valence-electron chi connectivity index (χ4n) is 14.3. The molecular weight excluding hydrogens is 1710 g/mol. The molecule has 13 rings (SSSR count). The summed E-state index contributed by atoms with van der Waals surface area (Å²) in [6, 6.07) is 47.5. The summed E-state index contributed by atoms with van der Waals surface area (Å²) >= 11 is 0. The monoisotopic (exact) mass is 1840 g/mol. The predicted molar refractivity (Wildman–Crippen MR) is 483 cm³/mol. The summed E-state index contributed by atoms with van der Waals surface area (Å²) in [5.74, 6) is 0.767. The van der Waals surface area contributed by atoms with Crippen LogP contribution < -0.4 is 15.2 Å². The Kier molecular flexibility index (Phi) is 40.6. The molecule has 5 heterocycles. The van der Waals surface area contributed by atoms with Crippen molar-refractivity contribution in [3.8, 4) is 0 Å². The Balaban J connectivity index is 0.000000198. The largest absolute Gasteiger partial charge is 0.396 e. The van der Waals surface area contributed by atoms with Crippen LogP contribution in [-0.2, 0) is 75.0 Å². The molecule has 2 unspecified atom stereocenters. The lowest BCUT2D eigenvalue weighted by molar-refractivity contribution is -0.121. The molecule has 5 saturated heterocycles. The first kappa shape index (κ1) is 103. The summed E-state index contributed by atoms with van der Waals surface area (Å²) in [5.41, 5.74) is 12.6. The van der Waals surface area contributed by atoms with Crippen molar-refractivity contribution in [2.24, 2.45) is 29.4 Å². The standard InChI is InChI=1S/C14H21NO3S.C14H21NO2S.C13H20N2O2S.2C13H19NO3S.C12H16N2O3S.C10H15NO2S/c1-12-2-4-14(5-3-12)19(17,18)15-9-6-13(7-10-15)8-11-16;1-3-10-15(11-13-6-7-13)18(16,17)14-8-4-12(2)5-9-14;1-12-4-6-13(7-5-12)18(16,17)14-8-11-15-9-2-3-10-15;1-11-2-4-13(5-3-11)18(16,17)14-8-6-12(10-15)7-9-14;1-11-4-6-13(7-5-11)18(16,17)14-8-2-3-12(9-14)10-15;1-9-4-6-10(7-5-9)18(16,17)14-8-2-3-11(14)12(13)15;1-8(2)11-14(12,13)10-6-4-9(3)5-7-10/h2-5,13,16H,6-11H2,1H3;4-5,8-9,13H,3,6-7,10-11H2,1-2H3;4-7,14H,2-3,8-11H2,1H3;2-5,12,15H,6-10H2,1H3;4-7,12,15H,2-3,8-10H2,1H3;4-7,11H,2-3,8H2,1H3,(H2,13,15);4-8,11H,1-3H3. The number of rotatable bonds is 27. The van der Waals surface area contributed by atoms with E-state index in [2.05, 4.69) is 14.3 Å². The summed E-state index contributed by atoms with van der Waals surface area (Å²) in [4.78, 5) is 15.9. The zero-order chi connectivity index (χ0) is 90.5. The first-order valence-corrected chi connectivity index (χ1v) is 52.6. The Morgan fingerprint density at radius 3 is 1.13 bits per heavy atom. The van der Waals surface area contributed by atoms with E-state index in [4.69, 9.17) is 21.1 Å². The number of nitrogens with one attached hydrogen (secondary N) is 2. The number of carbonyl (C=O) groups is 1. The third-order valence-electron chi connectivity index (χ3n) is 22.1. The van der Waals surface area contributed by atoms with Crippen molar-refractivity contribution in [2.75, 3.05) is 105 Å². The lowest BCUT2D eigenvalue weighted by atomic mass is 9.95. The molecule has 0 aromatic heterocycles. The van der Waals surface area contributed by atoms with Gasteiger partial charge in [-0.05, 0) is 274 Å². The molecule has 1 aliphatic carbocycles. The molecule has 34 heteroatoms. The molecule has 7 aromatic carbocycles. The lowest BCUT2D eigenvalue weighted by Crippen LogP contribution is -2.43. The van der Waals surface area contributed by atoms with Crippen LogP contribution in [-0.4, -0.2) is 224 Å². The zero-order valence-corrected chi connectivity index (χ0v) is 78.6. The van der Waals surface area contributed by atoms with Gasteiger partial charge in [0.2, 0.25) is 76.1 Å². The van der Waals surface area contributed by atoms with E-state index in [1.54, 1.807) is 144 Å². The van der Waals surface area contributed by atoms with Gasteiger partial charge in [-0.25, -0.2) is 68.4 Å². The second-order valence-corrected chi connectivity index (χ2v) is 46.0. The zero-order valence-electron chi connectivity index (χ0n) is 72.9. The van der Waals surface area contributed by atoms with E-state index in [1.807, 2.05) is 104 Å². The maximum Gasteiger partial charge on any atom is 0.243 e. The third-order valence-corrected chi connectivity index (χ3v) is 34.7. The topological polar surface area (TPSA) is 386 Å². The number of likely N-dealkylation sites (tertiary alicyclic amines) is 1. The van der Waals surface area contributed by atoms with Crippen LogP contribution in [0.25, 0.3) is 0 Å². The molecule has 6 aliphatic rings. The molecule has 123 heavy (non-hydrogen) atoms. The number of nitrogens with two attached hydrogens (primary N) is 1. The van der Waals surface area contributed by atoms with Crippen LogP contribution in [0.1, 0.15) is 150 Å². The van der Waals surface area contributed by atoms with Crippen molar-refractivity contribution in [3.05, 3.63) is 209 Å². The molecule has 6 fully saturated rings. The first-order valence-electron chi connectivity index (χ1n) is 42.4. The van der Waals surface area contributed by atoms with Gasteiger partial charge in [-0.15, -0.1) is 0 Å². The summed E-state index contributed by atoms with van der Waals surface area (Å²) in [6.07, 6.45) is 12.5. The molecule has 2 atom stereocenters. The summed E-state index contributed by atoms with van der Waals surface area (Å²) in [5, 5.41) is 27.1. The molecule has 7 aromatic rings. The summed E-state index contributed by atoms with van der Waals surface area (Å²) < 4.78 is 184. The number of hydrogen-bond donors (Lipinski definition) is 6. The van der Waals surface area contributed by atoms with Gasteiger partial charge in [0.25, 0.3) is 0 Å². The Bertz CT molecular complexity index is 5250. The minimum Gasteiger partial charge on any atom is -0.396 e. The van der Waals surface area contributed by atoms with Gasteiger partial charge in [0.1, 0.15) is 6.04 Å². The van der Waals surface area contributed by atoms with Crippen LogP contribution in [0.2, 0.25) is 0 Å². The minimum atomic E-state index is -3.62. The van der Waals surface area contributed by atoms with Gasteiger partial charge in [0, 0.05) is 97.9 Å². The van der Waals surface area contributed by atoms with Gasteiger partial charge in [-0.1, -0.05) is 131 Å². The summed E-state index contributed by atoms with van der Waals surface area (Å²) in [7, 11) is -23.7. The highest BCUT2D eigenvalue weighted by Crippen LogP contribution is 2.33. The van der Waals surface area contributed by atoms with Crippen molar-refractivity contribution < 1.29 is 79.0 Å². The van der Waals surface area contributed by atoms with Gasteiger partial charge in [0.05, 0.1) is 34.3 Å². The molecule has 7 N–H and O–H groups in total. The second-order valence-electron chi connectivity index (χ2n) is 32.8. The number of aliphatic hydroxyl groups is 3. The van der Waals surface area contributed by atoms with Crippen molar-refractivity contribution in [2.45, 2.75) is 205 Å². The quantitative estimate of drug-likeness (QED) is 0.0278. The number of piperidine rings is 3. The third kappa shape index (κ3) is 31.9. The molecule has 1 saturated carbocycles. The van der Waals surface area contributed by atoms with Gasteiger partial charge in [0.15, 0.2) is 0 Å². The maximum absolute atomic E-state index is 12.5. The first-order chi connectivity index (χ1) is 58.1. The van der Waals surface area contributed by atoms with Crippen LogP contribution in [0, 0.1) is 72.1 Å². The number of hydrogen-bond acceptors (Lipinski definition) is 19. The van der Waals surface area contributed by atoms with E-state index in [1.165, 1.54) is 38.6 Å². The Morgan fingerprint density at radius 1 is 0.407 bits per heavy atom. The van der Waals surface area contributed by atoms with Gasteiger partial charge in [-0.3, -0.25) is 4.79 Å². The number of amides is 1. The van der Waals surface area contributed by atoms with Crippen LogP contribution in [0.15, 0.2) is 204 Å². The maximum atomic E-state index is 12.5. The lowest BCUT2D eigenvalue weighted by Gasteiger charge is -2.30. The van der Waals surface area contributed by atoms with E-state index < -0.39 is 82.1 Å². The van der Waals surface area contributed by atoms with Crippen molar-refractivity contribution in [1.29, 1.82) is 0 Å². The molecule has 0 spiro atoms. The van der Waals surface area contributed by atoms with E-state index in [-0.39, 0.29) is 42.6 Å². The fourth-order valence-corrected chi connectivity index (χ4v) is 24.4. The number of aliphatic hydroxyl groups excluding tert-OH is 3. The van der Waals surface area contributed by atoms with E-state index in [9.17, 15) is 63.7 Å². The second kappa shape index (κ2) is 48.4. The number of carbonyl (C=O) groups excluding carboxylic acids is 1. The number of aryl methyl sites for hydroxylation is 7. The minimum absolute atomic E-state index is 0.0555. The van der Waals surface area contributed by atoms with Crippen molar-refractivity contribution >= 4 is 76.1 Å². The van der Waals surface area contributed by atoms with Crippen molar-refractivity contribution in [3.63, 3.8) is 0 Å². The average molecular weight is 1840 g/mol. The molecule has 0 bridgehead atoms. The Hall–Kier alpha value is -6.78. The molecule has 27 nitrogen and oxygen atoms in total. The van der Waals surface area contributed by atoms with Gasteiger partial charge >= 0.3 is 0 Å². The SMILES string of the molecule is CCCN(CC1CC1)S(=O)(=O)c1ccc(C)cc1.Cc1ccc(S(=O)(=O)N2CCC(CCO)CC2)cc1.Cc1ccc(S(=O)(=O)N2CCC(CO)CC2)cc1.Cc1ccc(S(=O)(=O)N2CCCC(CO)C2)cc1.Cc1ccc(S(=O)(=O)N2CCCC2C(N)=O)cc1.Cc1ccc(S(=O)(=O)NC(C)C)cc1.Cc1ccc(S(=O)(=O)NCCN2CCCC2)cc1. The average Bonchev–Trinajstić information content (AvgIpc) is 1.72. The predicted octanol–water partition coefficient (Wildman–Crippen LogP) is 11.0. The van der Waals surface area contributed by atoms with E-state index in [0.717, 1.165) is 110 Å². The summed E-state index contributed by atoms with van der Waals surface area (Å²) in [6.45, 7) is 27.7. The van der Waals surface area contributed by atoms with Gasteiger partial charge in [-0.2, -0.15) is 21.5 Å². The number of benzene rings is 7. The molecule has 5 aliphatic heterocycles. The highest BCUT2D eigenvalue weighted by Gasteiger charge is 2.39. The van der Waals surface area contributed by atoms with Crippen LogP contribution in [0.5, 0.6) is 0 Å². The van der Waals surface area contributed by atoms with Gasteiger partial charge < -0.3 is 26.0 Å². The van der Waals surface area contributed by atoms with Crippen LogP contribution in [0.4, 0.5) is 0 Å². The number of sulfonamides is 7. The number of nitrogens with zero attached hydrogens (tertiary/aromatic N) is 6. The molecule has 0 radical (unpaired) electrons. The Morgan fingerprint density at radius 2 is 0.764 bits per heavy atom. The molecular formula is C89H131N9O18S7. The number of primary amides is 1. The molecule has 1 amide bonds. The van der Waals surface area contributed by atoms with Crippen LogP contribution in [0.3, 0.4) is 0 Å². The van der Waals surface area contributed by atoms with Crippen LogP contribution >= 0.6 is 0 Å². The highest BCUT2D eigenvalue weighted by molar-refractivity contribution is 7.91. The smallest absolute Gasteiger partial charge is 0.243 e. The normalized spacial score (nSPS) is 18.2. The van der Waals surface area contributed by atoms with Crippen molar-refractivity contribution in [1.82, 2.24) is 35.9 Å². The molecule has 682 valence electrons. The Labute approximate surface area is 734 Å². The fraction of sp³-hybridized carbons (Fsp3) is 0.517. The van der Waals surface area contributed by atoms with E-state index >= 15 is 0 Å². The van der Waals surface area contributed by atoms with E-state index in [0.29, 0.717) is 119 Å².